The standard InChI is InChI=1S/C13H27N5O2S/c1-5-18-10-12(13(14)16-18)21(19,20)15-8-6-7-9-17(4)11(2)3/h10-11,15H,5-9H2,1-4H3,(H2,14,16). The predicted molar refractivity (Wildman–Crippen MR) is 84.5 cm³/mol. The van der Waals surface area contributed by atoms with E-state index in [2.05, 4.69) is 35.6 Å². The topological polar surface area (TPSA) is 93.2 Å². The second-order valence-corrected chi connectivity index (χ2v) is 7.15. The van der Waals surface area contributed by atoms with Gasteiger partial charge in [0, 0.05) is 25.3 Å². The van der Waals surface area contributed by atoms with E-state index in [4.69, 9.17) is 5.73 Å². The SMILES string of the molecule is CCn1cc(S(=O)(=O)NCCCCN(C)C(C)C)c(N)n1. The van der Waals surface area contributed by atoms with E-state index in [9.17, 15) is 8.42 Å². The van der Waals surface area contributed by atoms with Crippen LogP contribution in [-0.4, -0.2) is 49.3 Å². The summed E-state index contributed by atoms with van der Waals surface area (Å²) in [4.78, 5) is 2.29. The Morgan fingerprint density at radius 2 is 2.10 bits per heavy atom. The molecule has 0 amide bonds. The molecule has 0 bridgehead atoms. The van der Waals surface area contributed by atoms with Gasteiger partial charge in [-0.25, -0.2) is 13.1 Å². The highest BCUT2D eigenvalue weighted by Gasteiger charge is 2.20. The van der Waals surface area contributed by atoms with Gasteiger partial charge in [-0.1, -0.05) is 0 Å². The van der Waals surface area contributed by atoms with Crippen LogP contribution in [0.4, 0.5) is 5.82 Å². The van der Waals surface area contributed by atoms with E-state index in [1.54, 1.807) is 0 Å². The van der Waals surface area contributed by atoms with E-state index in [1.165, 1.54) is 10.9 Å². The maximum Gasteiger partial charge on any atom is 0.245 e. The summed E-state index contributed by atoms with van der Waals surface area (Å²) >= 11 is 0. The summed E-state index contributed by atoms with van der Waals surface area (Å²) < 4.78 is 28.4. The van der Waals surface area contributed by atoms with E-state index >= 15 is 0 Å². The summed E-state index contributed by atoms with van der Waals surface area (Å²) in [5.74, 6) is 0.0453. The van der Waals surface area contributed by atoms with Gasteiger partial charge in [-0.15, -0.1) is 0 Å². The molecule has 0 saturated carbocycles. The van der Waals surface area contributed by atoms with Gasteiger partial charge >= 0.3 is 0 Å². The first-order valence-electron chi connectivity index (χ1n) is 7.30. The maximum absolute atomic E-state index is 12.1. The Hall–Kier alpha value is -1.12. The van der Waals surface area contributed by atoms with Crippen molar-refractivity contribution < 1.29 is 8.42 Å². The van der Waals surface area contributed by atoms with Crippen LogP contribution < -0.4 is 10.5 Å². The lowest BCUT2D eigenvalue weighted by atomic mass is 10.2. The lowest BCUT2D eigenvalue weighted by Gasteiger charge is -2.20. The van der Waals surface area contributed by atoms with Crippen molar-refractivity contribution in [3.05, 3.63) is 6.20 Å². The minimum atomic E-state index is -3.57. The van der Waals surface area contributed by atoms with Gasteiger partial charge in [0.15, 0.2) is 5.82 Å². The van der Waals surface area contributed by atoms with E-state index in [-0.39, 0.29) is 10.7 Å². The van der Waals surface area contributed by atoms with E-state index < -0.39 is 10.0 Å². The normalized spacial score (nSPS) is 12.5. The lowest BCUT2D eigenvalue weighted by molar-refractivity contribution is 0.268. The molecular formula is C13H27N5O2S. The Morgan fingerprint density at radius 3 is 2.62 bits per heavy atom. The van der Waals surface area contributed by atoms with Gasteiger partial charge in [-0.05, 0) is 47.2 Å². The van der Waals surface area contributed by atoms with Gasteiger partial charge < -0.3 is 10.6 Å². The molecule has 0 spiro atoms. The fourth-order valence-electron chi connectivity index (χ4n) is 1.82. The molecule has 0 aliphatic carbocycles. The summed E-state index contributed by atoms with van der Waals surface area (Å²) in [7, 11) is -1.51. The number of nitrogens with two attached hydrogens (primary N) is 1. The van der Waals surface area contributed by atoms with Crippen molar-refractivity contribution in [2.75, 3.05) is 25.9 Å². The highest BCUT2D eigenvalue weighted by Crippen LogP contribution is 2.15. The molecule has 0 atom stereocenters. The lowest BCUT2D eigenvalue weighted by Crippen LogP contribution is -2.29. The molecule has 1 rings (SSSR count). The quantitative estimate of drug-likeness (QED) is 0.660. The van der Waals surface area contributed by atoms with Crippen LogP contribution in [0.2, 0.25) is 0 Å². The van der Waals surface area contributed by atoms with Crippen LogP contribution in [-0.2, 0) is 16.6 Å². The summed E-state index contributed by atoms with van der Waals surface area (Å²) in [6.07, 6.45) is 3.20. The van der Waals surface area contributed by atoms with Gasteiger partial charge in [-0.2, -0.15) is 5.10 Å². The van der Waals surface area contributed by atoms with Gasteiger partial charge in [0.1, 0.15) is 4.90 Å². The number of unbranched alkanes of at least 4 members (excludes halogenated alkanes) is 1. The summed E-state index contributed by atoms with van der Waals surface area (Å²) in [6, 6.07) is 0.501. The van der Waals surface area contributed by atoms with E-state index in [0.717, 1.165) is 19.4 Å². The number of rotatable bonds is 9. The molecule has 3 N–H and O–H groups in total. The molecule has 0 aliphatic rings. The minimum absolute atomic E-state index is 0.0453. The third-order valence-electron chi connectivity index (χ3n) is 3.48. The second kappa shape index (κ2) is 7.77. The van der Waals surface area contributed by atoms with Gasteiger partial charge in [0.25, 0.3) is 0 Å². The molecule has 0 aromatic carbocycles. The van der Waals surface area contributed by atoms with E-state index in [0.29, 0.717) is 19.1 Å². The number of aryl methyl sites for hydroxylation is 1. The van der Waals surface area contributed by atoms with Crippen molar-refractivity contribution in [3.63, 3.8) is 0 Å². The third-order valence-corrected chi connectivity index (χ3v) is 4.96. The Labute approximate surface area is 127 Å². The van der Waals surface area contributed by atoms with Crippen molar-refractivity contribution in [3.8, 4) is 0 Å². The van der Waals surface area contributed by atoms with E-state index in [1.807, 2.05) is 6.92 Å². The van der Waals surface area contributed by atoms with Gasteiger partial charge in [0.2, 0.25) is 10.0 Å². The fraction of sp³-hybridized carbons (Fsp3) is 0.769. The first kappa shape index (κ1) is 17.9. The second-order valence-electron chi connectivity index (χ2n) is 5.41. The molecule has 0 unspecified atom stereocenters. The zero-order valence-electron chi connectivity index (χ0n) is 13.3. The Kier molecular flexibility index (Phi) is 6.63. The largest absolute Gasteiger partial charge is 0.381 e. The Bertz CT molecular complexity index is 539. The zero-order chi connectivity index (χ0) is 16.0. The minimum Gasteiger partial charge on any atom is -0.381 e. The molecule has 1 heterocycles. The van der Waals surface area contributed by atoms with Gasteiger partial charge in [-0.3, -0.25) is 4.68 Å². The highest BCUT2D eigenvalue weighted by molar-refractivity contribution is 7.89. The fourth-order valence-corrected chi connectivity index (χ4v) is 2.96. The van der Waals surface area contributed by atoms with Crippen LogP contribution >= 0.6 is 0 Å². The van der Waals surface area contributed by atoms with Crippen molar-refractivity contribution in [2.24, 2.45) is 0 Å². The molecular weight excluding hydrogens is 290 g/mol. The summed E-state index contributed by atoms with van der Waals surface area (Å²) in [5, 5.41) is 3.95. The number of nitrogen functional groups attached to an aromatic ring is 1. The smallest absolute Gasteiger partial charge is 0.245 e. The molecule has 0 fully saturated rings. The Balaban J connectivity index is 2.45. The molecule has 0 saturated heterocycles. The van der Waals surface area contributed by atoms with Crippen molar-refractivity contribution in [2.45, 2.75) is 51.1 Å². The molecule has 0 radical (unpaired) electrons. The number of anilines is 1. The predicted octanol–water partition coefficient (Wildman–Crippen LogP) is 0.884. The monoisotopic (exact) mass is 317 g/mol. The molecule has 122 valence electrons. The van der Waals surface area contributed by atoms with Crippen molar-refractivity contribution in [1.29, 1.82) is 0 Å². The molecule has 0 aliphatic heterocycles. The number of hydrogen-bond acceptors (Lipinski definition) is 5. The van der Waals surface area contributed by atoms with Crippen LogP contribution in [0.3, 0.4) is 0 Å². The highest BCUT2D eigenvalue weighted by atomic mass is 32.2. The molecule has 1 aromatic heterocycles. The molecule has 8 heteroatoms. The molecule has 1 aromatic rings. The van der Waals surface area contributed by atoms with Crippen LogP contribution in [0.1, 0.15) is 33.6 Å². The third kappa shape index (κ3) is 5.29. The summed E-state index contributed by atoms with van der Waals surface area (Å²) in [5.41, 5.74) is 5.65. The molecule has 7 nitrogen and oxygen atoms in total. The maximum atomic E-state index is 12.1. The number of nitrogens with one attached hydrogen (secondary N) is 1. The Morgan fingerprint density at radius 1 is 1.43 bits per heavy atom. The van der Waals surface area contributed by atoms with Crippen LogP contribution in [0.25, 0.3) is 0 Å². The zero-order valence-corrected chi connectivity index (χ0v) is 14.2. The van der Waals surface area contributed by atoms with Gasteiger partial charge in [0.05, 0.1) is 0 Å². The first-order valence-corrected chi connectivity index (χ1v) is 8.79. The number of aromatic nitrogens is 2. The first-order chi connectivity index (χ1) is 9.77. The average Bonchev–Trinajstić information content (AvgIpc) is 2.80. The number of sulfonamides is 1. The number of nitrogens with zero attached hydrogens (tertiary/aromatic N) is 3. The average molecular weight is 317 g/mol. The van der Waals surface area contributed by atoms with Crippen molar-refractivity contribution in [1.82, 2.24) is 19.4 Å². The van der Waals surface area contributed by atoms with Crippen LogP contribution in [0.15, 0.2) is 11.1 Å². The summed E-state index contributed by atoms with van der Waals surface area (Å²) in [6.45, 7) is 8.09. The number of hydrogen-bond donors (Lipinski definition) is 2. The molecule has 21 heavy (non-hydrogen) atoms. The van der Waals surface area contributed by atoms with Crippen molar-refractivity contribution >= 4 is 15.8 Å². The van der Waals surface area contributed by atoms with Crippen LogP contribution in [0.5, 0.6) is 0 Å². The van der Waals surface area contributed by atoms with Crippen LogP contribution in [0, 0.1) is 0 Å².